The molecule has 1 aromatic carbocycles. The molecule has 3 rings (SSSR count). The number of aromatic nitrogens is 2. The van der Waals surface area contributed by atoms with E-state index in [-0.39, 0.29) is 5.69 Å². The van der Waals surface area contributed by atoms with Gasteiger partial charge in [0.15, 0.2) is 5.69 Å². The van der Waals surface area contributed by atoms with Gasteiger partial charge >= 0.3 is 0 Å². The summed E-state index contributed by atoms with van der Waals surface area (Å²) in [7, 11) is 0. The van der Waals surface area contributed by atoms with Crippen LogP contribution in [0.2, 0.25) is 0 Å². The van der Waals surface area contributed by atoms with Crippen LogP contribution in [0.15, 0.2) is 24.3 Å². The van der Waals surface area contributed by atoms with Gasteiger partial charge in [0, 0.05) is 11.6 Å². The maximum absolute atomic E-state index is 13.6. The summed E-state index contributed by atoms with van der Waals surface area (Å²) in [5.41, 5.74) is 2.26. The fraction of sp³-hybridized carbons (Fsp3) is 0.286. The van der Waals surface area contributed by atoms with Gasteiger partial charge in [-0.25, -0.2) is 4.39 Å². The third-order valence-corrected chi connectivity index (χ3v) is 3.22. The maximum atomic E-state index is 13.6. The van der Waals surface area contributed by atoms with Crippen LogP contribution in [-0.2, 0) is 0 Å². The van der Waals surface area contributed by atoms with Gasteiger partial charge in [-0.2, -0.15) is 5.10 Å². The second-order valence-corrected chi connectivity index (χ2v) is 4.92. The number of anilines is 1. The van der Waals surface area contributed by atoms with Gasteiger partial charge in [-0.15, -0.1) is 0 Å². The van der Waals surface area contributed by atoms with Gasteiger partial charge in [-0.3, -0.25) is 9.89 Å². The van der Waals surface area contributed by atoms with Crippen molar-refractivity contribution in [3.63, 3.8) is 0 Å². The number of nitrogens with zero attached hydrogens (tertiary/aromatic N) is 1. The summed E-state index contributed by atoms with van der Waals surface area (Å²) in [5, 5.41) is 9.34. The number of aromatic amines is 1. The van der Waals surface area contributed by atoms with Gasteiger partial charge in [0.1, 0.15) is 5.82 Å². The van der Waals surface area contributed by atoms with Crippen molar-refractivity contribution < 1.29 is 9.18 Å². The fourth-order valence-electron chi connectivity index (χ4n) is 1.96. The molecule has 0 bridgehead atoms. The van der Waals surface area contributed by atoms with Crippen molar-refractivity contribution in [2.24, 2.45) is 0 Å². The van der Waals surface area contributed by atoms with Crippen molar-refractivity contribution in [3.05, 3.63) is 47.0 Å². The summed E-state index contributed by atoms with van der Waals surface area (Å²) >= 11 is 0. The van der Waals surface area contributed by atoms with E-state index in [1.165, 1.54) is 6.07 Å². The van der Waals surface area contributed by atoms with Gasteiger partial charge in [-0.1, -0.05) is 6.07 Å². The topological polar surface area (TPSA) is 57.8 Å². The SMILES string of the molecule is Cc1ccc(NC(=O)c2cc(C3CC3)[nH]n2)c(F)c1. The zero-order chi connectivity index (χ0) is 13.4. The van der Waals surface area contributed by atoms with E-state index < -0.39 is 11.7 Å². The van der Waals surface area contributed by atoms with Crippen LogP contribution in [0.3, 0.4) is 0 Å². The van der Waals surface area contributed by atoms with E-state index in [4.69, 9.17) is 0 Å². The minimum Gasteiger partial charge on any atom is -0.318 e. The zero-order valence-electron chi connectivity index (χ0n) is 10.5. The third-order valence-electron chi connectivity index (χ3n) is 3.22. The van der Waals surface area contributed by atoms with Crippen LogP contribution >= 0.6 is 0 Å². The van der Waals surface area contributed by atoms with Crippen molar-refractivity contribution in [2.75, 3.05) is 5.32 Å². The highest BCUT2D eigenvalue weighted by Gasteiger charge is 2.26. The highest BCUT2D eigenvalue weighted by Crippen LogP contribution is 2.39. The van der Waals surface area contributed by atoms with Gasteiger partial charge < -0.3 is 5.32 Å². The Bertz CT molecular complexity index is 631. The number of aryl methyl sites for hydroxylation is 1. The number of nitrogens with one attached hydrogen (secondary N) is 2. The molecule has 1 heterocycles. The highest BCUT2D eigenvalue weighted by molar-refractivity contribution is 6.03. The minimum absolute atomic E-state index is 0.173. The zero-order valence-corrected chi connectivity index (χ0v) is 10.5. The molecule has 0 aliphatic heterocycles. The van der Waals surface area contributed by atoms with Crippen molar-refractivity contribution >= 4 is 11.6 Å². The molecule has 98 valence electrons. The Morgan fingerprint density at radius 3 is 2.89 bits per heavy atom. The molecule has 0 saturated heterocycles. The summed E-state index contributed by atoms with van der Waals surface area (Å²) in [6.07, 6.45) is 2.27. The molecular weight excluding hydrogens is 245 g/mol. The Kier molecular flexibility index (Phi) is 2.81. The Morgan fingerprint density at radius 2 is 2.21 bits per heavy atom. The van der Waals surface area contributed by atoms with Gasteiger partial charge in [0.25, 0.3) is 5.91 Å². The number of H-pyrrole nitrogens is 1. The molecule has 0 atom stereocenters. The first kappa shape index (κ1) is 11.9. The van der Waals surface area contributed by atoms with E-state index in [1.54, 1.807) is 25.1 Å². The van der Waals surface area contributed by atoms with Crippen LogP contribution in [0.4, 0.5) is 10.1 Å². The van der Waals surface area contributed by atoms with Crippen LogP contribution in [0, 0.1) is 12.7 Å². The van der Waals surface area contributed by atoms with E-state index in [0.29, 0.717) is 11.6 Å². The molecule has 2 N–H and O–H groups in total. The average molecular weight is 259 g/mol. The number of carbonyl (C=O) groups excluding carboxylic acids is 1. The molecule has 5 heteroatoms. The Balaban J connectivity index is 1.76. The first-order valence-electron chi connectivity index (χ1n) is 6.26. The van der Waals surface area contributed by atoms with Crippen LogP contribution in [-0.4, -0.2) is 16.1 Å². The fourth-order valence-corrected chi connectivity index (χ4v) is 1.96. The lowest BCUT2D eigenvalue weighted by Crippen LogP contribution is -2.13. The van der Waals surface area contributed by atoms with E-state index in [1.807, 2.05) is 0 Å². The summed E-state index contributed by atoms with van der Waals surface area (Å²) in [4.78, 5) is 11.9. The molecule has 1 fully saturated rings. The maximum Gasteiger partial charge on any atom is 0.276 e. The largest absolute Gasteiger partial charge is 0.318 e. The number of rotatable bonds is 3. The Morgan fingerprint density at radius 1 is 1.42 bits per heavy atom. The molecule has 0 radical (unpaired) electrons. The number of hydrogen-bond donors (Lipinski definition) is 2. The Hall–Kier alpha value is -2.17. The van der Waals surface area contributed by atoms with Crippen LogP contribution < -0.4 is 5.32 Å². The summed E-state index contributed by atoms with van der Waals surface area (Å²) in [5.74, 6) is -0.331. The molecule has 0 spiro atoms. The van der Waals surface area contributed by atoms with E-state index in [0.717, 1.165) is 24.1 Å². The van der Waals surface area contributed by atoms with Gasteiger partial charge in [0.05, 0.1) is 5.69 Å². The van der Waals surface area contributed by atoms with Crippen LogP contribution in [0.1, 0.15) is 40.5 Å². The third kappa shape index (κ3) is 2.50. The summed E-state index contributed by atoms with van der Waals surface area (Å²) in [6, 6.07) is 6.42. The number of halogens is 1. The van der Waals surface area contributed by atoms with Gasteiger partial charge in [0.2, 0.25) is 0 Å². The average Bonchev–Trinajstić information content (AvgIpc) is 3.10. The molecular formula is C14H14FN3O. The predicted octanol–water partition coefficient (Wildman–Crippen LogP) is 2.99. The van der Waals surface area contributed by atoms with Crippen molar-refractivity contribution in [2.45, 2.75) is 25.7 Å². The lowest BCUT2D eigenvalue weighted by Gasteiger charge is -2.05. The van der Waals surface area contributed by atoms with E-state index >= 15 is 0 Å². The number of hydrogen-bond acceptors (Lipinski definition) is 2. The molecule has 19 heavy (non-hydrogen) atoms. The van der Waals surface area contributed by atoms with Crippen molar-refractivity contribution in [1.82, 2.24) is 10.2 Å². The summed E-state index contributed by atoms with van der Waals surface area (Å²) < 4.78 is 13.6. The second kappa shape index (κ2) is 4.50. The monoisotopic (exact) mass is 259 g/mol. The number of carbonyl (C=O) groups is 1. The number of amides is 1. The van der Waals surface area contributed by atoms with E-state index in [9.17, 15) is 9.18 Å². The Labute approximate surface area is 110 Å². The smallest absolute Gasteiger partial charge is 0.276 e. The predicted molar refractivity (Wildman–Crippen MR) is 69.7 cm³/mol. The van der Waals surface area contributed by atoms with Crippen molar-refractivity contribution in [3.8, 4) is 0 Å². The minimum atomic E-state index is -0.439. The molecule has 1 aliphatic carbocycles. The first-order valence-corrected chi connectivity index (χ1v) is 6.26. The molecule has 1 aromatic heterocycles. The quantitative estimate of drug-likeness (QED) is 0.890. The standard InChI is InChI=1S/C14H14FN3O/c1-8-2-5-11(10(15)6-8)16-14(19)13-7-12(17-18-13)9-3-4-9/h2,5-7,9H,3-4H2,1H3,(H,16,19)(H,17,18). The van der Waals surface area contributed by atoms with Gasteiger partial charge in [-0.05, 0) is 43.5 Å². The number of benzene rings is 1. The molecule has 4 nitrogen and oxygen atoms in total. The summed E-state index contributed by atoms with van der Waals surface area (Å²) in [6.45, 7) is 1.80. The van der Waals surface area contributed by atoms with Crippen molar-refractivity contribution in [1.29, 1.82) is 0 Å². The normalized spacial score (nSPS) is 14.4. The van der Waals surface area contributed by atoms with Crippen LogP contribution in [0.25, 0.3) is 0 Å². The second-order valence-electron chi connectivity index (χ2n) is 4.92. The lowest BCUT2D eigenvalue weighted by molar-refractivity contribution is 0.102. The molecule has 2 aromatic rings. The highest BCUT2D eigenvalue weighted by atomic mass is 19.1. The molecule has 1 aliphatic rings. The molecule has 0 unspecified atom stereocenters. The molecule has 1 amide bonds. The molecule has 1 saturated carbocycles. The van der Waals surface area contributed by atoms with Crippen LogP contribution in [0.5, 0.6) is 0 Å². The lowest BCUT2D eigenvalue weighted by atomic mass is 10.2. The first-order chi connectivity index (χ1) is 9.13. The van der Waals surface area contributed by atoms with E-state index in [2.05, 4.69) is 15.5 Å².